The van der Waals surface area contributed by atoms with Crippen molar-refractivity contribution >= 4 is 11.9 Å². The van der Waals surface area contributed by atoms with Crippen LogP contribution in [0.4, 0.5) is 0 Å². The molecule has 17 heavy (non-hydrogen) atoms. The van der Waals surface area contributed by atoms with Gasteiger partial charge < -0.3 is 9.84 Å². The van der Waals surface area contributed by atoms with Crippen LogP contribution in [-0.4, -0.2) is 17.0 Å². The van der Waals surface area contributed by atoms with Crippen LogP contribution in [0.15, 0.2) is 12.8 Å². The quantitative estimate of drug-likeness (QED) is 0.575. The van der Waals surface area contributed by atoms with E-state index in [0.29, 0.717) is 5.92 Å². The van der Waals surface area contributed by atoms with Crippen molar-refractivity contribution in [2.24, 2.45) is 11.8 Å². The topological polar surface area (TPSA) is 63.6 Å². The van der Waals surface area contributed by atoms with Crippen molar-refractivity contribution < 1.29 is 19.4 Å². The summed E-state index contributed by atoms with van der Waals surface area (Å²) in [5, 5.41) is 8.81. The second-order valence-corrected chi connectivity index (χ2v) is 3.90. The number of rotatable bonds is 6. The Balaban J connectivity index is 0. The average molecular weight is 244 g/mol. The minimum atomic E-state index is -0.638. The SMILES string of the molecule is C=COC(C)=O.CCCC(C(=O)O)C(C)CC. The van der Waals surface area contributed by atoms with Crippen LogP contribution in [0.1, 0.15) is 47.0 Å². The molecule has 0 bridgehead atoms. The fourth-order valence-electron chi connectivity index (χ4n) is 1.36. The Hall–Kier alpha value is -1.32. The van der Waals surface area contributed by atoms with Gasteiger partial charge in [-0.05, 0) is 12.3 Å². The van der Waals surface area contributed by atoms with E-state index < -0.39 is 5.97 Å². The Morgan fingerprint density at radius 3 is 2.12 bits per heavy atom. The molecule has 0 fully saturated rings. The number of hydrogen-bond acceptors (Lipinski definition) is 3. The van der Waals surface area contributed by atoms with E-state index in [2.05, 4.69) is 11.3 Å². The average Bonchev–Trinajstić information content (AvgIpc) is 2.25. The normalized spacial score (nSPS) is 12.7. The van der Waals surface area contributed by atoms with E-state index in [4.69, 9.17) is 5.11 Å². The lowest BCUT2D eigenvalue weighted by Crippen LogP contribution is -2.20. The van der Waals surface area contributed by atoms with Gasteiger partial charge in [0.05, 0.1) is 12.2 Å². The Morgan fingerprint density at radius 1 is 1.41 bits per heavy atom. The van der Waals surface area contributed by atoms with Gasteiger partial charge in [-0.25, -0.2) is 0 Å². The minimum absolute atomic E-state index is 0.134. The molecule has 4 nitrogen and oxygen atoms in total. The van der Waals surface area contributed by atoms with E-state index in [1.807, 2.05) is 20.8 Å². The molecular formula is C13H24O4. The molecule has 4 heteroatoms. The lowest BCUT2D eigenvalue weighted by atomic mass is 9.88. The zero-order chi connectivity index (χ0) is 13.8. The summed E-state index contributed by atoms with van der Waals surface area (Å²) in [6, 6.07) is 0. The predicted octanol–water partition coefficient (Wildman–Crippen LogP) is 3.23. The van der Waals surface area contributed by atoms with Crippen LogP contribution in [0.2, 0.25) is 0 Å². The van der Waals surface area contributed by atoms with E-state index >= 15 is 0 Å². The Labute approximate surface area is 104 Å². The Kier molecular flexibility index (Phi) is 11.9. The Bertz CT molecular complexity index is 236. The maximum Gasteiger partial charge on any atom is 0.307 e. The first-order chi connectivity index (χ1) is 7.90. The van der Waals surface area contributed by atoms with Gasteiger partial charge >= 0.3 is 11.9 Å². The third kappa shape index (κ3) is 11.0. The number of aliphatic carboxylic acids is 1. The van der Waals surface area contributed by atoms with Crippen molar-refractivity contribution in [3.05, 3.63) is 12.8 Å². The smallest absolute Gasteiger partial charge is 0.307 e. The fourth-order valence-corrected chi connectivity index (χ4v) is 1.36. The lowest BCUT2D eigenvalue weighted by molar-refractivity contribution is -0.143. The van der Waals surface area contributed by atoms with Crippen LogP contribution in [0, 0.1) is 11.8 Å². The largest absolute Gasteiger partial charge is 0.481 e. The van der Waals surface area contributed by atoms with E-state index in [9.17, 15) is 9.59 Å². The third-order valence-electron chi connectivity index (χ3n) is 2.50. The van der Waals surface area contributed by atoms with Gasteiger partial charge in [0, 0.05) is 6.92 Å². The summed E-state index contributed by atoms with van der Waals surface area (Å²) in [6.45, 7) is 10.6. The first kappa shape index (κ1) is 18.1. The zero-order valence-corrected chi connectivity index (χ0v) is 11.2. The molecule has 2 unspecified atom stereocenters. The van der Waals surface area contributed by atoms with Crippen LogP contribution in [0.25, 0.3) is 0 Å². The van der Waals surface area contributed by atoms with Gasteiger partial charge in [0.2, 0.25) is 0 Å². The van der Waals surface area contributed by atoms with Crippen molar-refractivity contribution in [2.45, 2.75) is 47.0 Å². The van der Waals surface area contributed by atoms with Crippen LogP contribution < -0.4 is 0 Å². The molecule has 1 N–H and O–H groups in total. The highest BCUT2D eigenvalue weighted by atomic mass is 16.5. The van der Waals surface area contributed by atoms with Crippen molar-refractivity contribution in [3.63, 3.8) is 0 Å². The molecule has 0 aliphatic heterocycles. The van der Waals surface area contributed by atoms with Crippen LogP contribution in [-0.2, 0) is 14.3 Å². The number of hydrogen-bond donors (Lipinski definition) is 1. The van der Waals surface area contributed by atoms with Gasteiger partial charge in [-0.2, -0.15) is 0 Å². The summed E-state index contributed by atoms with van der Waals surface area (Å²) in [7, 11) is 0. The molecule has 0 radical (unpaired) electrons. The van der Waals surface area contributed by atoms with E-state index in [0.717, 1.165) is 25.5 Å². The molecule has 0 amide bonds. The number of esters is 1. The van der Waals surface area contributed by atoms with Gasteiger partial charge in [-0.15, -0.1) is 0 Å². The molecule has 2 atom stereocenters. The molecule has 100 valence electrons. The lowest BCUT2D eigenvalue weighted by Gasteiger charge is -2.17. The monoisotopic (exact) mass is 244 g/mol. The molecule has 0 saturated heterocycles. The number of carboxylic acid groups (broad SMARTS) is 1. The molecule has 0 aliphatic rings. The molecule has 0 spiro atoms. The predicted molar refractivity (Wildman–Crippen MR) is 67.5 cm³/mol. The maximum absolute atomic E-state index is 10.7. The summed E-state index contributed by atoms with van der Waals surface area (Å²) in [6.07, 6.45) is 3.82. The van der Waals surface area contributed by atoms with Gasteiger partial charge in [-0.1, -0.05) is 40.2 Å². The summed E-state index contributed by atoms with van der Waals surface area (Å²) < 4.78 is 4.17. The van der Waals surface area contributed by atoms with Crippen molar-refractivity contribution in [2.75, 3.05) is 0 Å². The first-order valence-electron chi connectivity index (χ1n) is 5.91. The summed E-state index contributed by atoms with van der Waals surface area (Å²) >= 11 is 0. The summed E-state index contributed by atoms with van der Waals surface area (Å²) in [5.74, 6) is -0.788. The fraction of sp³-hybridized carbons (Fsp3) is 0.692. The molecule has 0 rings (SSSR count). The molecule has 0 saturated carbocycles. The number of ether oxygens (including phenoxy) is 1. The third-order valence-corrected chi connectivity index (χ3v) is 2.50. The number of carbonyl (C=O) groups is 2. The zero-order valence-electron chi connectivity index (χ0n) is 11.2. The molecule has 0 aromatic carbocycles. The second kappa shape index (κ2) is 11.2. The molecule has 0 aliphatic carbocycles. The summed E-state index contributed by atoms with van der Waals surface area (Å²) in [5.41, 5.74) is 0. The highest BCUT2D eigenvalue weighted by Gasteiger charge is 2.21. The Morgan fingerprint density at radius 2 is 1.94 bits per heavy atom. The van der Waals surface area contributed by atoms with Crippen molar-refractivity contribution in [1.29, 1.82) is 0 Å². The van der Waals surface area contributed by atoms with Crippen molar-refractivity contribution in [3.8, 4) is 0 Å². The molecule has 0 aromatic rings. The standard InChI is InChI=1S/C9H18O2.C4H6O2/c1-4-6-8(9(10)11)7(3)5-2;1-3-6-4(2)5/h7-8H,4-6H2,1-3H3,(H,10,11);3H,1H2,2H3. The van der Waals surface area contributed by atoms with Crippen LogP contribution in [0.3, 0.4) is 0 Å². The number of carbonyl (C=O) groups excluding carboxylic acids is 1. The first-order valence-corrected chi connectivity index (χ1v) is 5.91. The molecule has 0 heterocycles. The van der Waals surface area contributed by atoms with Crippen LogP contribution in [0.5, 0.6) is 0 Å². The van der Waals surface area contributed by atoms with Gasteiger partial charge in [0.25, 0.3) is 0 Å². The van der Waals surface area contributed by atoms with Crippen LogP contribution >= 0.6 is 0 Å². The second-order valence-electron chi connectivity index (χ2n) is 3.90. The maximum atomic E-state index is 10.7. The highest BCUT2D eigenvalue weighted by molar-refractivity contribution is 5.70. The molecule has 0 aromatic heterocycles. The van der Waals surface area contributed by atoms with Gasteiger partial charge in [0.15, 0.2) is 0 Å². The minimum Gasteiger partial charge on any atom is -0.481 e. The highest BCUT2D eigenvalue weighted by Crippen LogP contribution is 2.20. The van der Waals surface area contributed by atoms with Crippen molar-refractivity contribution in [1.82, 2.24) is 0 Å². The molecular weight excluding hydrogens is 220 g/mol. The number of carboxylic acids is 1. The van der Waals surface area contributed by atoms with E-state index in [-0.39, 0.29) is 11.9 Å². The van der Waals surface area contributed by atoms with E-state index in [1.54, 1.807) is 0 Å². The summed E-state index contributed by atoms with van der Waals surface area (Å²) in [4.78, 5) is 20.4. The van der Waals surface area contributed by atoms with E-state index in [1.165, 1.54) is 6.92 Å². The van der Waals surface area contributed by atoms with Gasteiger partial charge in [-0.3, -0.25) is 9.59 Å². The van der Waals surface area contributed by atoms with Gasteiger partial charge in [0.1, 0.15) is 0 Å².